The van der Waals surface area contributed by atoms with E-state index in [9.17, 15) is 9.59 Å². The fourth-order valence-electron chi connectivity index (χ4n) is 3.76. The van der Waals surface area contributed by atoms with Gasteiger partial charge in [-0.15, -0.1) is 0 Å². The van der Waals surface area contributed by atoms with Crippen LogP contribution in [-0.2, 0) is 16.0 Å². The summed E-state index contributed by atoms with van der Waals surface area (Å²) in [5.41, 5.74) is 9.18. The largest absolute Gasteiger partial charge is 0.348 e. The third-order valence-corrected chi connectivity index (χ3v) is 6.98. The van der Waals surface area contributed by atoms with E-state index in [1.54, 1.807) is 59.6 Å². The van der Waals surface area contributed by atoms with Crippen molar-refractivity contribution >= 4 is 70.2 Å². The number of ketones is 1. The van der Waals surface area contributed by atoms with Crippen LogP contribution in [0, 0.1) is 0 Å². The number of hydrogen-bond acceptors (Lipinski definition) is 4. The van der Waals surface area contributed by atoms with Crippen LogP contribution in [0.1, 0.15) is 16.8 Å². The molecule has 1 aliphatic rings. The summed E-state index contributed by atoms with van der Waals surface area (Å²) in [6, 6.07) is 9.33. The molecule has 1 fully saturated rings. The molecule has 3 N–H and O–H groups in total. The molecule has 0 bridgehead atoms. The van der Waals surface area contributed by atoms with Gasteiger partial charge in [-0.1, -0.05) is 58.5 Å². The Kier molecular flexibility index (Phi) is 7.99. The lowest BCUT2D eigenvalue weighted by Gasteiger charge is -2.31. The van der Waals surface area contributed by atoms with Crippen molar-refractivity contribution in [3.63, 3.8) is 0 Å². The van der Waals surface area contributed by atoms with Gasteiger partial charge in [0, 0.05) is 42.5 Å². The van der Waals surface area contributed by atoms with E-state index in [2.05, 4.69) is 9.97 Å². The summed E-state index contributed by atoms with van der Waals surface area (Å²) >= 11 is 24.3. The number of amides is 1. The molecule has 1 amide bonds. The molecule has 2 heterocycles. The summed E-state index contributed by atoms with van der Waals surface area (Å²) in [7, 11) is 0. The summed E-state index contributed by atoms with van der Waals surface area (Å²) < 4.78 is 0. The first-order valence-corrected chi connectivity index (χ1v) is 12.1. The number of aromatic amines is 1. The monoisotopic (exact) mass is 548 g/mol. The van der Waals surface area contributed by atoms with Crippen molar-refractivity contribution in [2.24, 2.45) is 5.73 Å². The zero-order valence-electron chi connectivity index (χ0n) is 18.3. The van der Waals surface area contributed by atoms with Gasteiger partial charge < -0.3 is 15.6 Å². The molecule has 6 nitrogen and oxygen atoms in total. The minimum Gasteiger partial charge on any atom is -0.348 e. The van der Waals surface area contributed by atoms with Crippen LogP contribution in [-0.4, -0.2) is 45.7 Å². The first-order valence-electron chi connectivity index (χ1n) is 10.6. The second-order valence-electron chi connectivity index (χ2n) is 8.10. The van der Waals surface area contributed by atoms with Gasteiger partial charge in [0.25, 0.3) is 0 Å². The van der Waals surface area contributed by atoms with E-state index in [-0.39, 0.29) is 24.8 Å². The fraction of sp³-hybridized carbons (Fsp3) is 0.160. The number of likely N-dealkylation sites (tertiary alicyclic amines) is 1. The van der Waals surface area contributed by atoms with Gasteiger partial charge in [0.05, 0.1) is 32.5 Å². The maximum atomic E-state index is 13.4. The second kappa shape index (κ2) is 11.0. The topological polar surface area (TPSA) is 92.1 Å². The van der Waals surface area contributed by atoms with Gasteiger partial charge in [-0.25, -0.2) is 4.98 Å². The molecule has 4 rings (SSSR count). The van der Waals surface area contributed by atoms with Crippen LogP contribution in [0.15, 0.2) is 60.1 Å². The molecule has 1 aromatic heterocycles. The molecule has 1 saturated heterocycles. The molecule has 0 spiro atoms. The van der Waals surface area contributed by atoms with E-state index in [1.807, 2.05) is 0 Å². The molecule has 2 aromatic carbocycles. The third-order valence-electron chi connectivity index (χ3n) is 5.50. The molecule has 1 unspecified atom stereocenters. The first kappa shape index (κ1) is 25.5. The summed E-state index contributed by atoms with van der Waals surface area (Å²) in [5.74, 6) is -0.472. The van der Waals surface area contributed by atoms with Crippen LogP contribution in [0.2, 0.25) is 20.1 Å². The highest BCUT2D eigenvalue weighted by Gasteiger charge is 2.31. The number of carbonyl (C=O) groups excluding carboxylic acids is 2. The van der Waals surface area contributed by atoms with E-state index in [0.29, 0.717) is 48.8 Å². The van der Waals surface area contributed by atoms with Gasteiger partial charge in [0.2, 0.25) is 5.91 Å². The van der Waals surface area contributed by atoms with Gasteiger partial charge in [-0.05, 0) is 47.5 Å². The van der Waals surface area contributed by atoms with Gasteiger partial charge in [0.1, 0.15) is 0 Å². The summed E-state index contributed by atoms with van der Waals surface area (Å²) in [5, 5.41) is 1.55. The Balaban J connectivity index is 1.68. The zero-order valence-corrected chi connectivity index (χ0v) is 21.3. The average molecular weight is 550 g/mol. The number of rotatable bonds is 5. The van der Waals surface area contributed by atoms with E-state index >= 15 is 0 Å². The number of aromatic nitrogens is 2. The van der Waals surface area contributed by atoms with Crippen molar-refractivity contribution in [2.45, 2.75) is 12.5 Å². The van der Waals surface area contributed by atoms with Crippen molar-refractivity contribution < 1.29 is 9.59 Å². The number of benzene rings is 2. The van der Waals surface area contributed by atoms with Crippen LogP contribution in [0.3, 0.4) is 0 Å². The number of piperidine rings is 1. The standard InChI is InChI=1S/C25H20Cl4N4O2/c26-19-3-1-14(7-21(19)28)5-16-11-33(25(35)23(30)9-18-10-31-13-32-18)12-17(24(16)34)6-15-2-4-20(27)22(29)8-15/h1-8,10,13,23H,9,11-12,30H2,(H,31,32). The van der Waals surface area contributed by atoms with Gasteiger partial charge >= 0.3 is 0 Å². The molecular weight excluding hydrogens is 530 g/mol. The Bertz CT molecular complexity index is 1260. The minimum atomic E-state index is -0.805. The van der Waals surface area contributed by atoms with Gasteiger partial charge in [-0.3, -0.25) is 9.59 Å². The maximum absolute atomic E-state index is 13.4. The smallest absolute Gasteiger partial charge is 0.240 e. The highest BCUT2D eigenvalue weighted by Crippen LogP contribution is 2.28. The van der Waals surface area contributed by atoms with Crippen LogP contribution < -0.4 is 5.73 Å². The second-order valence-corrected chi connectivity index (χ2v) is 9.73. The highest BCUT2D eigenvalue weighted by molar-refractivity contribution is 6.42. The molecule has 3 aromatic rings. The van der Waals surface area contributed by atoms with Crippen molar-refractivity contribution in [1.82, 2.24) is 14.9 Å². The molecular formula is C25H20Cl4N4O2. The highest BCUT2D eigenvalue weighted by atomic mass is 35.5. The number of Topliss-reactive ketones (excluding diaryl/α,β-unsaturated/α-hetero) is 1. The average Bonchev–Trinajstić information content (AvgIpc) is 3.33. The lowest BCUT2D eigenvalue weighted by Crippen LogP contribution is -2.49. The van der Waals surface area contributed by atoms with Crippen LogP contribution >= 0.6 is 46.4 Å². The number of hydrogen-bond donors (Lipinski definition) is 2. The number of H-pyrrole nitrogens is 1. The number of nitrogens with zero attached hydrogens (tertiary/aromatic N) is 2. The molecule has 180 valence electrons. The van der Waals surface area contributed by atoms with Crippen molar-refractivity contribution in [1.29, 1.82) is 0 Å². The normalized spacial score (nSPS) is 17.3. The van der Waals surface area contributed by atoms with E-state index < -0.39 is 6.04 Å². The van der Waals surface area contributed by atoms with Gasteiger partial charge in [0.15, 0.2) is 5.78 Å². The summed E-state index contributed by atoms with van der Waals surface area (Å²) in [6.07, 6.45) is 6.85. The lowest BCUT2D eigenvalue weighted by atomic mass is 9.93. The van der Waals surface area contributed by atoms with Crippen molar-refractivity contribution in [3.05, 3.63) is 97.0 Å². The molecule has 0 aliphatic carbocycles. The Labute approximate surface area is 222 Å². The predicted molar refractivity (Wildman–Crippen MR) is 141 cm³/mol. The van der Waals surface area contributed by atoms with Crippen molar-refractivity contribution in [3.8, 4) is 0 Å². The Morgan fingerprint density at radius 2 is 1.51 bits per heavy atom. The van der Waals surface area contributed by atoms with E-state index in [4.69, 9.17) is 52.1 Å². The number of imidazole rings is 1. The molecule has 35 heavy (non-hydrogen) atoms. The number of halogens is 4. The van der Waals surface area contributed by atoms with Crippen LogP contribution in [0.25, 0.3) is 12.2 Å². The maximum Gasteiger partial charge on any atom is 0.240 e. The third kappa shape index (κ3) is 6.15. The summed E-state index contributed by atoms with van der Waals surface area (Å²) in [6.45, 7) is 0.209. The van der Waals surface area contributed by atoms with Crippen LogP contribution in [0.4, 0.5) is 0 Å². The molecule has 0 radical (unpaired) electrons. The van der Waals surface area contributed by atoms with Gasteiger partial charge in [-0.2, -0.15) is 0 Å². The fourth-order valence-corrected chi connectivity index (χ4v) is 4.37. The van der Waals surface area contributed by atoms with E-state index in [0.717, 1.165) is 5.69 Å². The lowest BCUT2D eigenvalue weighted by molar-refractivity contribution is -0.132. The molecule has 0 saturated carbocycles. The Morgan fingerprint density at radius 1 is 0.971 bits per heavy atom. The van der Waals surface area contributed by atoms with Crippen LogP contribution in [0.5, 0.6) is 0 Å². The number of nitrogens with two attached hydrogens (primary N) is 1. The quantitative estimate of drug-likeness (QED) is 0.413. The van der Waals surface area contributed by atoms with E-state index in [1.165, 1.54) is 6.33 Å². The first-order chi connectivity index (χ1) is 16.7. The van der Waals surface area contributed by atoms with Crippen molar-refractivity contribution in [2.75, 3.05) is 13.1 Å². The number of nitrogens with one attached hydrogen (secondary N) is 1. The molecule has 10 heteroatoms. The summed E-state index contributed by atoms with van der Waals surface area (Å²) in [4.78, 5) is 35.1. The number of carbonyl (C=O) groups is 2. The molecule has 1 aliphatic heterocycles. The SMILES string of the molecule is NC(Cc1cnc[nH]1)C(=O)N1CC(=Cc2ccc(Cl)c(Cl)c2)C(=O)C(=Cc2ccc(Cl)c(Cl)c2)C1. The predicted octanol–water partition coefficient (Wildman–Crippen LogP) is 5.47. The zero-order chi connectivity index (χ0) is 25.1. The Hall–Kier alpha value is -2.61. The molecule has 1 atom stereocenters. The minimum absolute atomic E-state index is 0.104. The Morgan fingerprint density at radius 3 is 1.97 bits per heavy atom.